The molecule has 0 radical (unpaired) electrons. The predicted molar refractivity (Wildman–Crippen MR) is 71.7 cm³/mol. The fourth-order valence-electron chi connectivity index (χ4n) is 2.54. The molecule has 4 unspecified atom stereocenters. The first kappa shape index (κ1) is 14.6. The number of hydrogen-bond acceptors (Lipinski definition) is 5. The molecule has 2 fully saturated rings. The van der Waals surface area contributed by atoms with Crippen LogP contribution in [0.2, 0.25) is 0 Å². The average molecular weight is 288 g/mol. The number of aliphatic carboxylic acids is 1. The molecule has 0 aromatic rings. The molecular weight excluding hydrogens is 268 g/mol. The number of hydrogen-bond donors (Lipinski definition) is 2. The van der Waals surface area contributed by atoms with Crippen molar-refractivity contribution in [3.05, 3.63) is 0 Å². The van der Waals surface area contributed by atoms with Gasteiger partial charge in [0.15, 0.2) is 0 Å². The lowest BCUT2D eigenvalue weighted by Gasteiger charge is -2.30. The smallest absolute Gasteiger partial charge is 0.327 e. The van der Waals surface area contributed by atoms with Gasteiger partial charge in [-0.1, -0.05) is 13.3 Å². The van der Waals surface area contributed by atoms with Crippen molar-refractivity contribution in [2.45, 2.75) is 37.2 Å². The highest BCUT2D eigenvalue weighted by molar-refractivity contribution is 8.00. The van der Waals surface area contributed by atoms with E-state index in [2.05, 4.69) is 0 Å². The first-order valence-electron chi connectivity index (χ1n) is 6.56. The molecule has 2 saturated heterocycles. The van der Waals surface area contributed by atoms with Crippen molar-refractivity contribution >= 4 is 23.6 Å². The fourth-order valence-corrected chi connectivity index (χ4v) is 4.06. The van der Waals surface area contributed by atoms with Gasteiger partial charge in [0.2, 0.25) is 5.91 Å². The van der Waals surface area contributed by atoms with Gasteiger partial charge in [-0.3, -0.25) is 4.79 Å². The van der Waals surface area contributed by atoms with Crippen molar-refractivity contribution in [2.24, 2.45) is 11.7 Å². The molecule has 7 heteroatoms. The van der Waals surface area contributed by atoms with E-state index in [0.29, 0.717) is 19.0 Å². The summed E-state index contributed by atoms with van der Waals surface area (Å²) in [6, 6.07) is -1.06. The number of ether oxygens (including phenoxy) is 1. The molecule has 2 aliphatic rings. The van der Waals surface area contributed by atoms with E-state index >= 15 is 0 Å². The first-order valence-corrected chi connectivity index (χ1v) is 7.61. The summed E-state index contributed by atoms with van der Waals surface area (Å²) in [6.45, 7) is 2.70. The number of thioether (sulfide) groups is 1. The molecule has 2 rings (SSSR count). The Balaban J connectivity index is 2.15. The van der Waals surface area contributed by atoms with E-state index in [1.165, 1.54) is 4.90 Å². The van der Waals surface area contributed by atoms with Crippen molar-refractivity contribution < 1.29 is 19.4 Å². The zero-order chi connectivity index (χ0) is 14.0. The molecule has 1 amide bonds. The van der Waals surface area contributed by atoms with Crippen LogP contribution in [0, 0.1) is 5.92 Å². The third-order valence-electron chi connectivity index (χ3n) is 3.61. The van der Waals surface area contributed by atoms with Crippen LogP contribution in [0.4, 0.5) is 0 Å². The molecule has 0 aliphatic carbocycles. The van der Waals surface area contributed by atoms with Crippen LogP contribution in [0.25, 0.3) is 0 Å². The Morgan fingerprint density at radius 2 is 2.21 bits per heavy atom. The Hall–Kier alpha value is -0.790. The van der Waals surface area contributed by atoms with Gasteiger partial charge in [0.1, 0.15) is 6.04 Å². The number of rotatable bonds is 4. The van der Waals surface area contributed by atoms with Gasteiger partial charge >= 0.3 is 5.97 Å². The molecule has 0 spiro atoms. The van der Waals surface area contributed by atoms with E-state index in [0.717, 1.165) is 12.8 Å². The minimum atomic E-state index is -0.938. The Labute approximate surface area is 116 Å². The summed E-state index contributed by atoms with van der Waals surface area (Å²) in [4.78, 5) is 25.4. The molecule has 3 N–H and O–H groups in total. The van der Waals surface area contributed by atoms with Crippen molar-refractivity contribution in [1.29, 1.82) is 0 Å². The van der Waals surface area contributed by atoms with E-state index < -0.39 is 17.9 Å². The third-order valence-corrected chi connectivity index (χ3v) is 4.97. The second-order valence-corrected chi connectivity index (χ2v) is 6.19. The zero-order valence-corrected chi connectivity index (χ0v) is 11.8. The van der Waals surface area contributed by atoms with E-state index in [9.17, 15) is 14.7 Å². The summed E-state index contributed by atoms with van der Waals surface area (Å²) in [7, 11) is 0. The van der Waals surface area contributed by atoms with Gasteiger partial charge in [-0.15, -0.1) is 11.8 Å². The van der Waals surface area contributed by atoms with Gasteiger partial charge in [-0.05, 0) is 6.42 Å². The number of nitrogens with zero attached hydrogens (tertiary/aromatic N) is 1. The second kappa shape index (κ2) is 6.11. The van der Waals surface area contributed by atoms with Gasteiger partial charge in [0.05, 0.1) is 24.5 Å². The number of carboxylic acids is 1. The number of carbonyl (C=O) groups is 2. The quantitative estimate of drug-likeness (QED) is 0.763. The molecule has 2 heterocycles. The second-order valence-electron chi connectivity index (χ2n) is 4.98. The van der Waals surface area contributed by atoms with Crippen LogP contribution in [0.15, 0.2) is 0 Å². The Morgan fingerprint density at radius 1 is 1.47 bits per heavy atom. The molecule has 108 valence electrons. The van der Waals surface area contributed by atoms with Crippen molar-refractivity contribution in [3.63, 3.8) is 0 Å². The summed E-state index contributed by atoms with van der Waals surface area (Å²) < 4.78 is 5.21. The van der Waals surface area contributed by atoms with Crippen molar-refractivity contribution in [3.8, 4) is 0 Å². The summed E-state index contributed by atoms with van der Waals surface area (Å²) in [5.74, 6) is -1.05. The lowest BCUT2D eigenvalue weighted by Crippen LogP contribution is -2.51. The third kappa shape index (κ3) is 2.88. The molecular formula is C12H20N2O4S. The maximum Gasteiger partial charge on any atom is 0.327 e. The highest BCUT2D eigenvalue weighted by Crippen LogP contribution is 2.34. The standard InChI is InChI=1S/C12H20N2O4S/c1-2-3-10-14(9(6-19-10)12(16)17)11(15)7-4-18-5-8(7)13/h7-10H,2-6,13H2,1H3,(H,16,17). The fraction of sp³-hybridized carbons (Fsp3) is 0.833. The van der Waals surface area contributed by atoms with Gasteiger partial charge in [-0.25, -0.2) is 4.79 Å². The van der Waals surface area contributed by atoms with Gasteiger partial charge in [0.25, 0.3) is 0 Å². The maximum atomic E-state index is 12.5. The first-order chi connectivity index (χ1) is 9.06. The Bertz CT molecular complexity index is 366. The maximum absolute atomic E-state index is 12.5. The highest BCUT2D eigenvalue weighted by Gasteiger charge is 2.45. The van der Waals surface area contributed by atoms with Crippen LogP contribution in [0.3, 0.4) is 0 Å². The minimum Gasteiger partial charge on any atom is -0.480 e. The lowest BCUT2D eigenvalue weighted by atomic mass is 10.0. The summed E-state index contributed by atoms with van der Waals surface area (Å²) >= 11 is 1.54. The van der Waals surface area contributed by atoms with E-state index in [1.54, 1.807) is 11.8 Å². The normalized spacial score (nSPS) is 34.7. The molecule has 2 aliphatic heterocycles. The van der Waals surface area contributed by atoms with Crippen LogP contribution in [0.5, 0.6) is 0 Å². The average Bonchev–Trinajstić information content (AvgIpc) is 2.95. The van der Waals surface area contributed by atoms with E-state index in [1.807, 2.05) is 6.92 Å². The zero-order valence-electron chi connectivity index (χ0n) is 10.9. The van der Waals surface area contributed by atoms with Gasteiger partial charge in [0, 0.05) is 11.8 Å². The summed E-state index contributed by atoms with van der Waals surface area (Å²) in [5.41, 5.74) is 5.86. The lowest BCUT2D eigenvalue weighted by molar-refractivity contribution is -0.151. The number of carboxylic acid groups (broad SMARTS) is 1. The molecule has 0 aromatic carbocycles. The largest absolute Gasteiger partial charge is 0.480 e. The molecule has 6 nitrogen and oxygen atoms in total. The molecule has 19 heavy (non-hydrogen) atoms. The van der Waals surface area contributed by atoms with Gasteiger partial charge in [-0.2, -0.15) is 0 Å². The van der Waals surface area contributed by atoms with Crippen LogP contribution >= 0.6 is 11.8 Å². The number of amides is 1. The minimum absolute atomic E-state index is 0.0496. The molecule has 0 bridgehead atoms. The van der Waals surface area contributed by atoms with Crippen LogP contribution in [0.1, 0.15) is 19.8 Å². The van der Waals surface area contributed by atoms with Crippen LogP contribution in [-0.2, 0) is 14.3 Å². The monoisotopic (exact) mass is 288 g/mol. The van der Waals surface area contributed by atoms with Crippen molar-refractivity contribution in [2.75, 3.05) is 19.0 Å². The topological polar surface area (TPSA) is 92.9 Å². The number of carbonyl (C=O) groups excluding carboxylic acids is 1. The van der Waals surface area contributed by atoms with Crippen LogP contribution in [-0.4, -0.2) is 58.3 Å². The molecule has 0 saturated carbocycles. The highest BCUT2D eigenvalue weighted by atomic mass is 32.2. The Kier molecular flexibility index (Phi) is 4.70. The number of nitrogens with two attached hydrogens (primary N) is 1. The molecule has 0 aromatic heterocycles. The molecule has 4 atom stereocenters. The summed E-state index contributed by atoms with van der Waals surface area (Å²) in [6.07, 6.45) is 1.73. The van der Waals surface area contributed by atoms with Crippen LogP contribution < -0.4 is 5.73 Å². The predicted octanol–water partition coefficient (Wildman–Crippen LogP) is 0.115. The Morgan fingerprint density at radius 3 is 2.74 bits per heavy atom. The SMILES string of the molecule is CCCC1SCC(C(=O)O)N1C(=O)C1COCC1N. The van der Waals surface area contributed by atoms with Crippen molar-refractivity contribution in [1.82, 2.24) is 4.90 Å². The van der Waals surface area contributed by atoms with E-state index in [4.69, 9.17) is 10.5 Å². The van der Waals surface area contributed by atoms with Gasteiger partial charge < -0.3 is 20.5 Å². The summed E-state index contributed by atoms with van der Waals surface area (Å²) in [5, 5.41) is 9.21. The van der Waals surface area contributed by atoms with E-state index in [-0.39, 0.29) is 17.3 Å².